The molecule has 27 heavy (non-hydrogen) atoms. The van der Waals surface area contributed by atoms with Crippen molar-refractivity contribution in [2.75, 3.05) is 32.8 Å². The number of rotatable bonds is 8. The molecule has 0 saturated carbocycles. The Balaban J connectivity index is 0.00000261. The third-order valence-corrected chi connectivity index (χ3v) is 5.73. The van der Waals surface area contributed by atoms with Crippen molar-refractivity contribution in [3.8, 4) is 5.75 Å². The largest absolute Gasteiger partial charge is 0.494 e. The van der Waals surface area contributed by atoms with Crippen molar-refractivity contribution < 1.29 is 9.53 Å². The van der Waals surface area contributed by atoms with Crippen LogP contribution in [0.15, 0.2) is 24.3 Å². The van der Waals surface area contributed by atoms with Gasteiger partial charge in [-0.25, -0.2) is 0 Å². The molecule has 0 N–H and O–H groups in total. The van der Waals surface area contributed by atoms with Gasteiger partial charge < -0.3 is 14.5 Å². The van der Waals surface area contributed by atoms with Crippen LogP contribution in [0.3, 0.4) is 0 Å². The third kappa shape index (κ3) is 6.39. The van der Waals surface area contributed by atoms with Gasteiger partial charge in [-0.15, -0.1) is 12.4 Å². The molecule has 5 heteroatoms. The topological polar surface area (TPSA) is 32.8 Å². The molecule has 2 aliphatic rings. The highest BCUT2D eigenvalue weighted by atomic mass is 35.5. The first-order valence-corrected chi connectivity index (χ1v) is 10.5. The molecular formula is C22H35ClN2O2. The monoisotopic (exact) mass is 394 g/mol. The molecule has 152 valence electrons. The Morgan fingerprint density at radius 3 is 2.48 bits per heavy atom. The van der Waals surface area contributed by atoms with E-state index in [9.17, 15) is 4.79 Å². The van der Waals surface area contributed by atoms with Crippen LogP contribution in [0.4, 0.5) is 0 Å². The highest BCUT2D eigenvalue weighted by molar-refractivity contribution is 5.94. The Morgan fingerprint density at radius 1 is 1.07 bits per heavy atom. The average Bonchev–Trinajstić information content (AvgIpc) is 3.20. The number of unbranched alkanes of at least 4 members (excludes halogenated alkanes) is 1. The molecule has 4 nitrogen and oxygen atoms in total. The summed E-state index contributed by atoms with van der Waals surface area (Å²) in [6, 6.07) is 8.13. The fraction of sp³-hybridized carbons (Fsp3) is 0.682. The molecule has 1 aromatic carbocycles. The minimum Gasteiger partial charge on any atom is -0.494 e. The summed E-state index contributed by atoms with van der Waals surface area (Å²) in [6.07, 6.45) is 9.50. The van der Waals surface area contributed by atoms with Crippen LogP contribution in [0.25, 0.3) is 0 Å². The van der Waals surface area contributed by atoms with Crippen molar-refractivity contribution in [3.05, 3.63) is 29.8 Å². The molecule has 0 radical (unpaired) electrons. The minimum atomic E-state index is 0. The Morgan fingerprint density at radius 2 is 1.78 bits per heavy atom. The number of benzene rings is 1. The van der Waals surface area contributed by atoms with Crippen molar-refractivity contribution in [1.82, 2.24) is 9.80 Å². The van der Waals surface area contributed by atoms with E-state index in [1.54, 1.807) is 0 Å². The number of likely N-dealkylation sites (tertiary alicyclic amines) is 2. The summed E-state index contributed by atoms with van der Waals surface area (Å²) in [5.74, 6) is 1.05. The van der Waals surface area contributed by atoms with E-state index in [4.69, 9.17) is 4.74 Å². The number of hydrogen-bond donors (Lipinski definition) is 0. The van der Waals surface area contributed by atoms with Crippen molar-refractivity contribution >= 4 is 18.3 Å². The summed E-state index contributed by atoms with van der Waals surface area (Å²) in [4.78, 5) is 17.7. The Hall–Kier alpha value is -1.26. The van der Waals surface area contributed by atoms with Gasteiger partial charge in [0.1, 0.15) is 5.75 Å². The normalized spacial score (nSPS) is 20.3. The van der Waals surface area contributed by atoms with E-state index in [-0.39, 0.29) is 18.3 Å². The summed E-state index contributed by atoms with van der Waals surface area (Å²) >= 11 is 0. The van der Waals surface area contributed by atoms with E-state index < -0.39 is 0 Å². The van der Waals surface area contributed by atoms with Gasteiger partial charge >= 0.3 is 0 Å². The number of piperidine rings is 1. The molecule has 2 saturated heterocycles. The smallest absolute Gasteiger partial charge is 0.254 e. The molecule has 0 bridgehead atoms. The summed E-state index contributed by atoms with van der Waals surface area (Å²) in [5, 5.41) is 0. The fourth-order valence-corrected chi connectivity index (χ4v) is 4.10. The molecule has 1 atom stereocenters. The van der Waals surface area contributed by atoms with Crippen molar-refractivity contribution in [3.63, 3.8) is 0 Å². The second kappa shape index (κ2) is 11.6. The molecule has 2 aliphatic heterocycles. The van der Waals surface area contributed by atoms with Gasteiger partial charge in [-0.1, -0.05) is 13.3 Å². The predicted molar refractivity (Wildman–Crippen MR) is 113 cm³/mol. The first kappa shape index (κ1) is 22.0. The third-order valence-electron chi connectivity index (χ3n) is 5.73. The number of nitrogens with zero attached hydrogens (tertiary/aromatic N) is 2. The van der Waals surface area contributed by atoms with Crippen LogP contribution in [0.5, 0.6) is 5.75 Å². The van der Waals surface area contributed by atoms with Crippen molar-refractivity contribution in [2.24, 2.45) is 0 Å². The Kier molecular flexibility index (Phi) is 9.43. The quantitative estimate of drug-likeness (QED) is 0.595. The van der Waals surface area contributed by atoms with Gasteiger partial charge in [0.05, 0.1) is 6.61 Å². The zero-order valence-corrected chi connectivity index (χ0v) is 17.5. The van der Waals surface area contributed by atoms with Crippen molar-refractivity contribution in [2.45, 2.75) is 64.3 Å². The number of carbonyl (C=O) groups is 1. The highest BCUT2D eigenvalue weighted by Gasteiger charge is 2.28. The molecule has 1 aromatic rings. The van der Waals surface area contributed by atoms with Crippen LogP contribution in [0, 0.1) is 0 Å². The van der Waals surface area contributed by atoms with Gasteiger partial charge in [-0.2, -0.15) is 0 Å². The second-order valence-corrected chi connectivity index (χ2v) is 7.71. The van der Waals surface area contributed by atoms with Gasteiger partial charge in [0, 0.05) is 24.7 Å². The Bertz CT molecular complexity index is 558. The molecule has 2 fully saturated rings. The average molecular weight is 395 g/mol. The minimum absolute atomic E-state index is 0. The molecular weight excluding hydrogens is 360 g/mol. The molecule has 0 spiro atoms. The lowest BCUT2D eigenvalue weighted by molar-refractivity contribution is 0.0588. The highest BCUT2D eigenvalue weighted by Crippen LogP contribution is 2.24. The number of amides is 1. The first-order chi connectivity index (χ1) is 12.8. The summed E-state index contributed by atoms with van der Waals surface area (Å²) in [6.45, 7) is 7.41. The maximum atomic E-state index is 13.0. The van der Waals surface area contributed by atoms with Crippen LogP contribution >= 0.6 is 12.4 Å². The molecule has 3 rings (SSSR count). The Labute approximate surface area is 170 Å². The molecule has 0 aromatic heterocycles. The summed E-state index contributed by atoms with van der Waals surface area (Å²) < 4.78 is 5.71. The van der Waals surface area contributed by atoms with E-state index in [1.165, 1.54) is 32.4 Å². The predicted octanol–water partition coefficient (Wildman–Crippen LogP) is 4.77. The first-order valence-electron chi connectivity index (χ1n) is 10.5. The molecule has 0 aliphatic carbocycles. The zero-order valence-electron chi connectivity index (χ0n) is 16.7. The maximum absolute atomic E-state index is 13.0. The van der Waals surface area contributed by atoms with E-state index >= 15 is 0 Å². The van der Waals surface area contributed by atoms with E-state index in [2.05, 4.69) is 16.7 Å². The summed E-state index contributed by atoms with van der Waals surface area (Å²) in [7, 11) is 0. The van der Waals surface area contributed by atoms with Gasteiger partial charge in [-0.05, 0) is 82.3 Å². The lowest BCUT2D eigenvalue weighted by Gasteiger charge is -2.36. The summed E-state index contributed by atoms with van der Waals surface area (Å²) in [5.41, 5.74) is 0.793. The lowest BCUT2D eigenvalue weighted by atomic mass is 9.98. The maximum Gasteiger partial charge on any atom is 0.254 e. The molecule has 1 amide bonds. The molecule has 1 unspecified atom stereocenters. The SMILES string of the molecule is CCCCOc1ccc(C(=O)N2CCCCC2CCN2CCCC2)cc1.Cl. The van der Waals surface area contributed by atoms with E-state index in [0.717, 1.165) is 63.1 Å². The van der Waals surface area contributed by atoms with Crippen LogP contribution in [-0.2, 0) is 0 Å². The van der Waals surface area contributed by atoms with E-state index in [0.29, 0.717) is 6.04 Å². The standard InChI is InChI=1S/C22H34N2O2.ClH/c1-2-3-18-26-21-11-9-19(10-12-21)22(25)24-16-5-4-8-20(24)13-17-23-14-6-7-15-23;/h9-12,20H,2-8,13-18H2,1H3;1H. The zero-order chi connectivity index (χ0) is 18.2. The van der Waals surface area contributed by atoms with Crippen molar-refractivity contribution in [1.29, 1.82) is 0 Å². The van der Waals surface area contributed by atoms with Crippen LogP contribution in [0.2, 0.25) is 0 Å². The fourth-order valence-electron chi connectivity index (χ4n) is 4.10. The van der Waals surface area contributed by atoms with E-state index in [1.807, 2.05) is 24.3 Å². The van der Waals surface area contributed by atoms with Crippen LogP contribution in [-0.4, -0.2) is 54.5 Å². The second-order valence-electron chi connectivity index (χ2n) is 7.71. The number of halogens is 1. The van der Waals surface area contributed by atoms with Crippen LogP contribution < -0.4 is 4.74 Å². The number of hydrogen-bond acceptors (Lipinski definition) is 3. The van der Waals surface area contributed by atoms with Gasteiger partial charge in [0.25, 0.3) is 5.91 Å². The molecule has 2 heterocycles. The number of carbonyl (C=O) groups excluding carboxylic acids is 1. The van der Waals surface area contributed by atoms with Crippen LogP contribution in [0.1, 0.15) is 68.6 Å². The number of ether oxygens (including phenoxy) is 1. The lowest BCUT2D eigenvalue weighted by Crippen LogP contribution is -2.45. The van der Waals surface area contributed by atoms with Gasteiger partial charge in [0.2, 0.25) is 0 Å². The van der Waals surface area contributed by atoms with Gasteiger partial charge in [0.15, 0.2) is 0 Å². The van der Waals surface area contributed by atoms with Gasteiger partial charge in [-0.3, -0.25) is 4.79 Å².